The van der Waals surface area contributed by atoms with E-state index in [1.54, 1.807) is 12.3 Å². The Hall–Kier alpha value is -1.65. The van der Waals surface area contributed by atoms with E-state index in [0.717, 1.165) is 36.9 Å². The summed E-state index contributed by atoms with van der Waals surface area (Å²) in [6.45, 7) is 6.79. The molecule has 2 heterocycles. The van der Waals surface area contributed by atoms with Crippen LogP contribution in [0.15, 0.2) is 46.0 Å². The molecule has 178 valence electrons. The van der Waals surface area contributed by atoms with Gasteiger partial charge in [0.2, 0.25) is 0 Å². The highest BCUT2D eigenvalue weighted by Gasteiger charge is 2.24. The van der Waals surface area contributed by atoms with Crippen LogP contribution in [0.4, 0.5) is 4.39 Å². The molecule has 1 aliphatic rings. The van der Waals surface area contributed by atoms with Crippen LogP contribution in [0.1, 0.15) is 49.1 Å². The monoisotopic (exact) mass is 557 g/mol. The number of aliphatic imine (C=N–C) groups is 1. The predicted molar refractivity (Wildman–Crippen MR) is 139 cm³/mol. The normalized spacial score (nSPS) is 16.0. The molecule has 6 nitrogen and oxygen atoms in total. The number of likely N-dealkylation sites (tertiary alicyclic amines) is 1. The Morgan fingerprint density at radius 3 is 2.62 bits per heavy atom. The number of nitrogens with one attached hydrogen (secondary N) is 2. The van der Waals surface area contributed by atoms with E-state index in [0.29, 0.717) is 25.2 Å². The van der Waals surface area contributed by atoms with E-state index in [-0.39, 0.29) is 35.8 Å². The predicted octanol–water partition coefficient (Wildman–Crippen LogP) is 4.38. The fourth-order valence-electron chi connectivity index (χ4n) is 4.01. The molecule has 0 aliphatic carbocycles. The SMILES string of the molecule is CCNC(=NCc1ccc(F)c(CN(C)C)c1)NCC(c1ccco1)N1CCCCC1.I. The van der Waals surface area contributed by atoms with Gasteiger partial charge in [-0.3, -0.25) is 4.90 Å². The molecule has 1 aliphatic heterocycles. The minimum Gasteiger partial charge on any atom is -0.468 e. The molecule has 1 unspecified atom stereocenters. The first-order valence-electron chi connectivity index (χ1n) is 11.3. The van der Waals surface area contributed by atoms with Gasteiger partial charge in [0.15, 0.2) is 5.96 Å². The van der Waals surface area contributed by atoms with Crippen LogP contribution in [-0.2, 0) is 13.1 Å². The molecule has 0 amide bonds. The van der Waals surface area contributed by atoms with Crippen molar-refractivity contribution in [3.05, 3.63) is 59.3 Å². The largest absolute Gasteiger partial charge is 0.468 e. The van der Waals surface area contributed by atoms with Crippen molar-refractivity contribution in [3.8, 4) is 0 Å². The zero-order chi connectivity index (χ0) is 22.1. The van der Waals surface area contributed by atoms with Gasteiger partial charge in [-0.15, -0.1) is 24.0 Å². The summed E-state index contributed by atoms with van der Waals surface area (Å²) in [5.41, 5.74) is 1.69. The number of hydrogen-bond donors (Lipinski definition) is 2. The van der Waals surface area contributed by atoms with Crippen molar-refractivity contribution in [2.75, 3.05) is 40.3 Å². The second kappa shape index (κ2) is 13.8. The Morgan fingerprint density at radius 1 is 1.19 bits per heavy atom. The number of halogens is 2. The fraction of sp³-hybridized carbons (Fsp3) is 0.542. The molecule has 3 rings (SSSR count). The van der Waals surface area contributed by atoms with Crippen LogP contribution in [0.2, 0.25) is 0 Å². The Kier molecular flexibility index (Phi) is 11.5. The van der Waals surface area contributed by atoms with Crippen molar-refractivity contribution in [3.63, 3.8) is 0 Å². The summed E-state index contributed by atoms with van der Waals surface area (Å²) in [7, 11) is 3.88. The van der Waals surface area contributed by atoms with Crippen LogP contribution >= 0.6 is 24.0 Å². The van der Waals surface area contributed by atoms with Gasteiger partial charge in [0.1, 0.15) is 11.6 Å². The van der Waals surface area contributed by atoms with Crippen LogP contribution in [0.5, 0.6) is 0 Å². The van der Waals surface area contributed by atoms with Crippen LogP contribution in [-0.4, -0.2) is 56.0 Å². The highest BCUT2D eigenvalue weighted by molar-refractivity contribution is 14.0. The second-order valence-corrected chi connectivity index (χ2v) is 8.37. The van der Waals surface area contributed by atoms with Crippen molar-refractivity contribution in [2.45, 2.75) is 45.3 Å². The molecule has 1 aromatic heterocycles. The molecule has 8 heteroatoms. The van der Waals surface area contributed by atoms with Gasteiger partial charge in [0.25, 0.3) is 0 Å². The topological polar surface area (TPSA) is 56.0 Å². The first-order valence-corrected chi connectivity index (χ1v) is 11.3. The Morgan fingerprint density at radius 2 is 1.97 bits per heavy atom. The van der Waals surface area contributed by atoms with Gasteiger partial charge < -0.3 is 20.0 Å². The van der Waals surface area contributed by atoms with Crippen molar-refractivity contribution >= 4 is 29.9 Å². The Labute approximate surface area is 208 Å². The zero-order valence-electron chi connectivity index (χ0n) is 19.4. The summed E-state index contributed by atoms with van der Waals surface area (Å²) in [6.07, 6.45) is 5.49. The lowest BCUT2D eigenvalue weighted by atomic mass is 10.1. The molecule has 1 atom stereocenters. The fourth-order valence-corrected chi connectivity index (χ4v) is 4.01. The average molecular weight is 557 g/mol. The first kappa shape index (κ1) is 26.6. The van der Waals surface area contributed by atoms with E-state index in [4.69, 9.17) is 9.41 Å². The molecule has 2 aromatic rings. The molecule has 0 bridgehead atoms. The van der Waals surface area contributed by atoms with Gasteiger partial charge in [0.05, 0.1) is 18.8 Å². The lowest BCUT2D eigenvalue weighted by Gasteiger charge is -2.33. The molecule has 2 N–H and O–H groups in total. The number of benzene rings is 1. The van der Waals surface area contributed by atoms with E-state index in [1.165, 1.54) is 25.3 Å². The van der Waals surface area contributed by atoms with Crippen LogP contribution < -0.4 is 10.6 Å². The van der Waals surface area contributed by atoms with Crippen molar-refractivity contribution in [1.82, 2.24) is 20.4 Å². The van der Waals surface area contributed by atoms with Crippen molar-refractivity contribution < 1.29 is 8.81 Å². The highest BCUT2D eigenvalue weighted by Crippen LogP contribution is 2.24. The number of rotatable bonds is 9. The van der Waals surface area contributed by atoms with Gasteiger partial charge in [-0.05, 0) is 76.8 Å². The van der Waals surface area contributed by atoms with Gasteiger partial charge in [-0.2, -0.15) is 0 Å². The van der Waals surface area contributed by atoms with Gasteiger partial charge in [-0.1, -0.05) is 12.5 Å². The maximum absolute atomic E-state index is 14.1. The lowest BCUT2D eigenvalue weighted by molar-refractivity contribution is 0.146. The summed E-state index contributed by atoms with van der Waals surface area (Å²) in [5, 5.41) is 6.81. The third-order valence-corrected chi connectivity index (χ3v) is 5.53. The molecule has 1 aromatic carbocycles. The molecule has 0 radical (unpaired) electrons. The van der Waals surface area contributed by atoms with E-state index >= 15 is 0 Å². The Bertz CT molecular complexity index is 822. The van der Waals surface area contributed by atoms with Crippen LogP contribution in [0, 0.1) is 5.82 Å². The number of hydrogen-bond acceptors (Lipinski definition) is 4. The molecule has 0 spiro atoms. The van der Waals surface area contributed by atoms with E-state index in [2.05, 4.69) is 28.5 Å². The number of nitrogens with zero attached hydrogens (tertiary/aromatic N) is 3. The summed E-state index contributed by atoms with van der Waals surface area (Å²) >= 11 is 0. The third-order valence-electron chi connectivity index (χ3n) is 5.53. The van der Waals surface area contributed by atoms with Crippen molar-refractivity contribution in [1.29, 1.82) is 0 Å². The van der Waals surface area contributed by atoms with E-state index in [9.17, 15) is 4.39 Å². The summed E-state index contributed by atoms with van der Waals surface area (Å²) in [5.74, 6) is 1.57. The number of piperidine rings is 1. The third kappa shape index (κ3) is 8.04. The number of furan rings is 1. The maximum atomic E-state index is 14.1. The molecule has 1 saturated heterocycles. The quantitative estimate of drug-likeness (QED) is 0.273. The minimum atomic E-state index is -0.172. The van der Waals surface area contributed by atoms with Gasteiger partial charge >= 0.3 is 0 Å². The van der Waals surface area contributed by atoms with Gasteiger partial charge in [-0.25, -0.2) is 9.38 Å². The standard InChI is InChI=1S/C24H36FN5O.HI/c1-4-26-24(27-16-19-10-11-21(25)20(15-19)18-29(2)3)28-17-22(23-9-8-14-31-23)30-12-6-5-7-13-30;/h8-11,14-15,22H,4-7,12-13,16-18H2,1-3H3,(H2,26,27,28);1H. The maximum Gasteiger partial charge on any atom is 0.191 e. The van der Waals surface area contributed by atoms with Crippen LogP contribution in [0.3, 0.4) is 0 Å². The molecule has 0 saturated carbocycles. The van der Waals surface area contributed by atoms with Crippen molar-refractivity contribution in [2.24, 2.45) is 4.99 Å². The summed E-state index contributed by atoms with van der Waals surface area (Å²) in [6, 6.07) is 9.42. The van der Waals surface area contributed by atoms with Gasteiger partial charge in [0, 0.05) is 25.2 Å². The Balaban J connectivity index is 0.00000363. The average Bonchev–Trinajstić information content (AvgIpc) is 3.29. The highest BCUT2D eigenvalue weighted by atomic mass is 127. The molecular formula is C24H37FIN5O. The smallest absolute Gasteiger partial charge is 0.191 e. The first-order chi connectivity index (χ1) is 15.1. The summed E-state index contributed by atoms with van der Waals surface area (Å²) < 4.78 is 19.8. The number of guanidine groups is 1. The molecule has 1 fully saturated rings. The summed E-state index contributed by atoms with van der Waals surface area (Å²) in [4.78, 5) is 9.20. The van der Waals surface area contributed by atoms with E-state index < -0.39 is 0 Å². The molecular weight excluding hydrogens is 520 g/mol. The second-order valence-electron chi connectivity index (χ2n) is 8.37. The van der Waals surface area contributed by atoms with Crippen LogP contribution in [0.25, 0.3) is 0 Å². The molecule has 32 heavy (non-hydrogen) atoms. The lowest BCUT2D eigenvalue weighted by Crippen LogP contribution is -2.44. The minimum absolute atomic E-state index is 0. The van der Waals surface area contributed by atoms with E-state index in [1.807, 2.05) is 31.1 Å². The zero-order valence-corrected chi connectivity index (χ0v) is 21.8.